The standard InChI is InChI=1S/C26H28Cl2N2O6/c1-30-19-12-21(36-13-17-3-2-9-35-17)23(28)22(27)18(19)11-20(30)24(31)29-26(8-10-34-14-26)16-6-4-15(5-7-16)25(32)33/h4-7,11-12,17,25,32-33H,2-3,8-10,13-14H2,1H3,(H,29,31). The number of aliphatic hydroxyl groups is 2. The molecular weight excluding hydrogens is 507 g/mol. The number of ether oxygens (including phenoxy) is 3. The first kappa shape index (κ1) is 25.3. The van der Waals surface area contributed by atoms with Crippen LogP contribution in [0.5, 0.6) is 5.75 Å². The van der Waals surface area contributed by atoms with Crippen LogP contribution < -0.4 is 10.1 Å². The van der Waals surface area contributed by atoms with Gasteiger partial charge in [0.05, 0.1) is 28.8 Å². The van der Waals surface area contributed by atoms with E-state index in [0.29, 0.717) is 58.7 Å². The van der Waals surface area contributed by atoms with Gasteiger partial charge in [-0.2, -0.15) is 0 Å². The summed E-state index contributed by atoms with van der Waals surface area (Å²) >= 11 is 13.1. The van der Waals surface area contributed by atoms with E-state index in [1.165, 1.54) is 0 Å². The molecule has 2 unspecified atom stereocenters. The summed E-state index contributed by atoms with van der Waals surface area (Å²) in [5.41, 5.74) is 1.57. The predicted octanol–water partition coefficient (Wildman–Crippen LogP) is 4.07. The fourth-order valence-corrected chi connectivity index (χ4v) is 5.34. The summed E-state index contributed by atoms with van der Waals surface area (Å²) < 4.78 is 19.0. The summed E-state index contributed by atoms with van der Waals surface area (Å²) in [7, 11) is 1.79. The number of carbonyl (C=O) groups is 1. The van der Waals surface area contributed by atoms with E-state index in [1.807, 2.05) is 0 Å². The first-order valence-corrected chi connectivity index (χ1v) is 12.6. The van der Waals surface area contributed by atoms with Crippen molar-refractivity contribution in [3.63, 3.8) is 0 Å². The molecule has 0 radical (unpaired) electrons. The number of carbonyl (C=O) groups excluding carboxylic acids is 1. The summed E-state index contributed by atoms with van der Waals surface area (Å²) in [6.45, 7) is 1.91. The normalized spacial score (nSPS) is 22.0. The number of nitrogens with zero attached hydrogens (tertiary/aromatic N) is 1. The highest BCUT2D eigenvalue weighted by molar-refractivity contribution is 6.46. The summed E-state index contributed by atoms with van der Waals surface area (Å²) in [4.78, 5) is 13.5. The van der Waals surface area contributed by atoms with Crippen molar-refractivity contribution < 1.29 is 29.2 Å². The molecule has 0 bridgehead atoms. The van der Waals surface area contributed by atoms with E-state index >= 15 is 0 Å². The highest BCUT2D eigenvalue weighted by Gasteiger charge is 2.39. The molecule has 3 N–H and O–H groups in total. The Morgan fingerprint density at radius 1 is 1.22 bits per heavy atom. The third-order valence-corrected chi connectivity index (χ3v) is 7.87. The summed E-state index contributed by atoms with van der Waals surface area (Å²) in [5, 5.41) is 23.2. The van der Waals surface area contributed by atoms with Gasteiger partial charge in [-0.25, -0.2) is 0 Å². The SMILES string of the molecule is Cn1c(C(=O)NC2(c3ccc(C(O)O)cc3)CCOC2)cc2c(Cl)c(Cl)c(OCC3CCCO3)cc21. The molecule has 2 fully saturated rings. The number of aromatic nitrogens is 1. The molecule has 3 aromatic rings. The molecule has 1 amide bonds. The lowest BCUT2D eigenvalue weighted by Gasteiger charge is -2.30. The summed E-state index contributed by atoms with van der Waals surface area (Å²) in [5.74, 6) is 0.157. The zero-order valence-corrected chi connectivity index (χ0v) is 21.3. The minimum atomic E-state index is -1.56. The largest absolute Gasteiger partial charge is 0.489 e. The van der Waals surface area contributed by atoms with Gasteiger partial charge in [-0.3, -0.25) is 4.79 Å². The fourth-order valence-electron chi connectivity index (χ4n) is 4.88. The molecule has 2 aliphatic rings. The van der Waals surface area contributed by atoms with Crippen LogP contribution in [0.3, 0.4) is 0 Å². The summed E-state index contributed by atoms with van der Waals surface area (Å²) in [6.07, 6.45) is 1.01. The first-order chi connectivity index (χ1) is 17.3. The van der Waals surface area contributed by atoms with Gasteiger partial charge in [0.2, 0.25) is 0 Å². The molecule has 8 nitrogen and oxygen atoms in total. The number of benzene rings is 2. The van der Waals surface area contributed by atoms with Gasteiger partial charge in [-0.15, -0.1) is 0 Å². The first-order valence-electron chi connectivity index (χ1n) is 11.9. The van der Waals surface area contributed by atoms with Crippen LogP contribution in [0.15, 0.2) is 36.4 Å². The number of halogens is 2. The molecule has 2 aromatic carbocycles. The second-order valence-electron chi connectivity index (χ2n) is 9.30. The third-order valence-electron chi connectivity index (χ3n) is 7.01. The van der Waals surface area contributed by atoms with Crippen molar-refractivity contribution >= 4 is 40.0 Å². The quantitative estimate of drug-likeness (QED) is 0.395. The molecule has 36 heavy (non-hydrogen) atoms. The van der Waals surface area contributed by atoms with Crippen LogP contribution in [-0.2, 0) is 22.1 Å². The molecule has 0 spiro atoms. The van der Waals surface area contributed by atoms with Gasteiger partial charge in [0.15, 0.2) is 6.29 Å². The van der Waals surface area contributed by atoms with Crippen molar-refractivity contribution in [3.05, 3.63) is 63.3 Å². The van der Waals surface area contributed by atoms with Crippen molar-refractivity contribution in [2.24, 2.45) is 7.05 Å². The Hall–Kier alpha value is -2.33. The molecular formula is C26H28Cl2N2O6. The van der Waals surface area contributed by atoms with E-state index in [2.05, 4.69) is 5.32 Å². The van der Waals surface area contributed by atoms with Gasteiger partial charge in [-0.05, 0) is 24.5 Å². The molecule has 0 saturated carbocycles. The number of aryl methyl sites for hydroxylation is 1. The maximum atomic E-state index is 13.5. The highest BCUT2D eigenvalue weighted by atomic mass is 35.5. The zero-order chi connectivity index (χ0) is 25.4. The van der Waals surface area contributed by atoms with E-state index in [9.17, 15) is 15.0 Å². The van der Waals surface area contributed by atoms with Crippen LogP contribution in [0.2, 0.25) is 10.0 Å². The number of aliphatic hydroxyl groups excluding tert-OH is 1. The van der Waals surface area contributed by atoms with Crippen molar-refractivity contribution in [3.8, 4) is 5.75 Å². The lowest BCUT2D eigenvalue weighted by molar-refractivity contribution is -0.0425. The minimum absolute atomic E-state index is 0.0322. The van der Waals surface area contributed by atoms with E-state index in [-0.39, 0.29) is 12.0 Å². The van der Waals surface area contributed by atoms with Gasteiger partial charge in [0.25, 0.3) is 5.91 Å². The lowest BCUT2D eigenvalue weighted by Crippen LogP contribution is -2.47. The van der Waals surface area contributed by atoms with Crippen LogP contribution >= 0.6 is 23.2 Å². The third kappa shape index (κ3) is 4.69. The number of amides is 1. The van der Waals surface area contributed by atoms with Gasteiger partial charge in [-0.1, -0.05) is 47.5 Å². The van der Waals surface area contributed by atoms with Crippen LogP contribution in [-0.4, -0.2) is 53.2 Å². The number of rotatable bonds is 7. The second kappa shape index (κ2) is 10.2. The van der Waals surface area contributed by atoms with E-state index in [4.69, 9.17) is 37.4 Å². The minimum Gasteiger partial charge on any atom is -0.489 e. The molecule has 5 rings (SSSR count). The molecule has 192 valence electrons. The van der Waals surface area contributed by atoms with Gasteiger partial charge in [0, 0.05) is 43.7 Å². The van der Waals surface area contributed by atoms with Crippen LogP contribution in [0, 0.1) is 0 Å². The van der Waals surface area contributed by atoms with E-state index < -0.39 is 11.8 Å². The predicted molar refractivity (Wildman–Crippen MR) is 136 cm³/mol. The topological polar surface area (TPSA) is 102 Å². The molecule has 10 heteroatoms. The molecule has 2 saturated heterocycles. The van der Waals surface area contributed by atoms with Crippen molar-refractivity contribution in [1.82, 2.24) is 9.88 Å². The number of fused-ring (bicyclic) bond motifs is 1. The van der Waals surface area contributed by atoms with Crippen molar-refractivity contribution in [1.29, 1.82) is 0 Å². The Kier molecular flexibility index (Phi) is 7.18. The fraction of sp³-hybridized carbons (Fsp3) is 0.423. The number of hydrogen-bond donors (Lipinski definition) is 3. The van der Waals surface area contributed by atoms with Crippen molar-refractivity contribution in [2.45, 2.75) is 37.2 Å². The van der Waals surface area contributed by atoms with Gasteiger partial charge >= 0.3 is 0 Å². The maximum absolute atomic E-state index is 13.5. The molecule has 3 heterocycles. The number of nitrogens with one attached hydrogen (secondary N) is 1. The Morgan fingerprint density at radius 3 is 2.64 bits per heavy atom. The average Bonchev–Trinajstić information content (AvgIpc) is 3.62. The highest BCUT2D eigenvalue weighted by Crippen LogP contribution is 2.40. The molecule has 2 aliphatic heterocycles. The maximum Gasteiger partial charge on any atom is 0.268 e. The van der Waals surface area contributed by atoms with Crippen LogP contribution in [0.1, 0.15) is 47.2 Å². The molecule has 0 aliphatic carbocycles. The van der Waals surface area contributed by atoms with Crippen LogP contribution in [0.4, 0.5) is 0 Å². The Balaban J connectivity index is 1.43. The molecule has 1 aromatic heterocycles. The summed E-state index contributed by atoms with van der Waals surface area (Å²) in [6, 6.07) is 10.3. The Morgan fingerprint density at radius 2 is 2.00 bits per heavy atom. The lowest BCUT2D eigenvalue weighted by atomic mass is 9.88. The van der Waals surface area contributed by atoms with Gasteiger partial charge in [0.1, 0.15) is 23.1 Å². The average molecular weight is 535 g/mol. The van der Waals surface area contributed by atoms with Crippen molar-refractivity contribution in [2.75, 3.05) is 26.4 Å². The number of hydrogen-bond acceptors (Lipinski definition) is 6. The zero-order valence-electron chi connectivity index (χ0n) is 19.8. The molecule has 2 atom stereocenters. The van der Waals surface area contributed by atoms with Crippen LogP contribution in [0.25, 0.3) is 10.9 Å². The monoisotopic (exact) mass is 534 g/mol. The Labute approximate surface area is 218 Å². The van der Waals surface area contributed by atoms with Gasteiger partial charge < -0.3 is 34.3 Å². The van der Waals surface area contributed by atoms with E-state index in [1.54, 1.807) is 48.0 Å². The smallest absolute Gasteiger partial charge is 0.268 e. The second-order valence-corrected chi connectivity index (χ2v) is 10.1. The Bertz CT molecular complexity index is 1260. The van der Waals surface area contributed by atoms with E-state index in [0.717, 1.165) is 30.5 Å².